The smallest absolute Gasteiger partial charge is 0.244 e. The number of benzene rings is 2. The van der Waals surface area contributed by atoms with Gasteiger partial charge in [0.15, 0.2) is 5.58 Å². The molecule has 4 aromatic rings. The summed E-state index contributed by atoms with van der Waals surface area (Å²) in [4.78, 5) is 16.5. The van der Waals surface area contributed by atoms with Gasteiger partial charge in [0.25, 0.3) is 0 Å². The molecule has 2 aromatic carbocycles. The van der Waals surface area contributed by atoms with Crippen LogP contribution in [0.15, 0.2) is 65.1 Å². The summed E-state index contributed by atoms with van der Waals surface area (Å²) in [5, 5.41) is 7.50. The molecule has 0 saturated heterocycles. The quantitative estimate of drug-likeness (QED) is 0.538. The molecule has 0 bridgehead atoms. The molecule has 28 heavy (non-hydrogen) atoms. The Hall–Kier alpha value is -3.67. The number of hydrogen-bond acceptors (Lipinski definition) is 4. The number of rotatable bonds is 5. The fraction of sp³-hybridized carbons (Fsp3) is 0.136. The van der Waals surface area contributed by atoms with Crippen LogP contribution in [0.25, 0.3) is 22.9 Å². The Kier molecular flexibility index (Phi) is 4.76. The molecule has 0 aliphatic heterocycles. The standard InChI is InChI=1S/C22H20N4O2/c1-15-18(16(2)26(25-15)17-8-4-3-5-9-17)14-23-21(27)12-13-22-24-19-10-6-7-11-20(19)28-22/h3-13H,14H2,1-2H3,(H,23,27)/b13-12+. The first-order valence-electron chi connectivity index (χ1n) is 9.04. The molecule has 0 radical (unpaired) electrons. The fourth-order valence-corrected chi connectivity index (χ4v) is 3.09. The van der Waals surface area contributed by atoms with Gasteiger partial charge >= 0.3 is 0 Å². The van der Waals surface area contributed by atoms with E-state index in [1.807, 2.05) is 73.1 Å². The highest BCUT2D eigenvalue weighted by Crippen LogP contribution is 2.18. The lowest BCUT2D eigenvalue weighted by atomic mass is 10.2. The summed E-state index contributed by atoms with van der Waals surface area (Å²) in [6.45, 7) is 4.35. The molecular weight excluding hydrogens is 352 g/mol. The number of fused-ring (bicyclic) bond motifs is 1. The fourth-order valence-electron chi connectivity index (χ4n) is 3.09. The Labute approximate surface area is 162 Å². The molecule has 0 aliphatic rings. The van der Waals surface area contributed by atoms with Crippen molar-refractivity contribution in [1.29, 1.82) is 0 Å². The van der Waals surface area contributed by atoms with E-state index in [4.69, 9.17) is 4.42 Å². The largest absolute Gasteiger partial charge is 0.437 e. The van der Waals surface area contributed by atoms with Crippen LogP contribution in [-0.2, 0) is 11.3 Å². The van der Waals surface area contributed by atoms with Gasteiger partial charge in [-0.1, -0.05) is 30.3 Å². The topological polar surface area (TPSA) is 73.0 Å². The Bertz CT molecular complexity index is 1120. The van der Waals surface area contributed by atoms with Crippen LogP contribution >= 0.6 is 0 Å². The van der Waals surface area contributed by atoms with Crippen molar-refractivity contribution in [2.75, 3.05) is 0 Å². The molecule has 2 aromatic heterocycles. The molecule has 0 atom stereocenters. The molecular formula is C22H20N4O2. The van der Waals surface area contributed by atoms with Crippen LogP contribution < -0.4 is 5.32 Å². The second-order valence-corrected chi connectivity index (χ2v) is 6.47. The van der Waals surface area contributed by atoms with Crippen molar-refractivity contribution in [3.8, 4) is 5.69 Å². The minimum atomic E-state index is -0.214. The molecule has 6 nitrogen and oxygen atoms in total. The maximum atomic E-state index is 12.2. The lowest BCUT2D eigenvalue weighted by Crippen LogP contribution is -2.21. The van der Waals surface area contributed by atoms with E-state index < -0.39 is 0 Å². The molecule has 0 unspecified atom stereocenters. The number of carbonyl (C=O) groups is 1. The molecule has 140 valence electrons. The number of nitrogens with zero attached hydrogens (tertiary/aromatic N) is 3. The first-order valence-corrected chi connectivity index (χ1v) is 9.04. The minimum absolute atomic E-state index is 0.214. The monoisotopic (exact) mass is 372 g/mol. The second-order valence-electron chi connectivity index (χ2n) is 6.47. The predicted molar refractivity (Wildman–Crippen MR) is 108 cm³/mol. The molecule has 0 fully saturated rings. The van der Waals surface area contributed by atoms with Gasteiger partial charge < -0.3 is 9.73 Å². The zero-order valence-corrected chi connectivity index (χ0v) is 15.7. The van der Waals surface area contributed by atoms with E-state index >= 15 is 0 Å². The Balaban J connectivity index is 1.44. The summed E-state index contributed by atoms with van der Waals surface area (Å²) in [7, 11) is 0. The highest BCUT2D eigenvalue weighted by atomic mass is 16.3. The Morgan fingerprint density at radius 1 is 1.11 bits per heavy atom. The first-order chi connectivity index (χ1) is 13.6. The van der Waals surface area contributed by atoms with Crippen molar-refractivity contribution in [1.82, 2.24) is 20.1 Å². The maximum Gasteiger partial charge on any atom is 0.244 e. The van der Waals surface area contributed by atoms with Gasteiger partial charge in [-0.15, -0.1) is 0 Å². The van der Waals surface area contributed by atoms with Gasteiger partial charge in [0.05, 0.1) is 11.4 Å². The molecule has 0 spiro atoms. The van der Waals surface area contributed by atoms with Crippen LogP contribution in [-0.4, -0.2) is 20.7 Å². The van der Waals surface area contributed by atoms with Crippen LogP contribution in [0.2, 0.25) is 0 Å². The maximum absolute atomic E-state index is 12.2. The van der Waals surface area contributed by atoms with Crippen molar-refractivity contribution in [3.63, 3.8) is 0 Å². The van der Waals surface area contributed by atoms with Gasteiger partial charge in [-0.2, -0.15) is 5.10 Å². The average Bonchev–Trinajstić information content (AvgIpc) is 3.26. The summed E-state index contributed by atoms with van der Waals surface area (Å²) < 4.78 is 7.47. The van der Waals surface area contributed by atoms with Gasteiger partial charge in [-0.3, -0.25) is 4.79 Å². The second kappa shape index (κ2) is 7.52. The Morgan fingerprint density at radius 2 is 1.86 bits per heavy atom. The first kappa shape index (κ1) is 17.7. The van der Waals surface area contributed by atoms with Crippen LogP contribution in [0.1, 0.15) is 22.8 Å². The van der Waals surface area contributed by atoms with Crippen molar-refractivity contribution < 1.29 is 9.21 Å². The minimum Gasteiger partial charge on any atom is -0.437 e. The van der Waals surface area contributed by atoms with E-state index in [-0.39, 0.29) is 5.91 Å². The number of hydrogen-bond donors (Lipinski definition) is 1. The Morgan fingerprint density at radius 3 is 2.64 bits per heavy atom. The van der Waals surface area contributed by atoms with Crippen LogP contribution in [0.5, 0.6) is 0 Å². The molecule has 1 amide bonds. The van der Waals surface area contributed by atoms with Gasteiger partial charge in [0, 0.05) is 30.0 Å². The zero-order chi connectivity index (χ0) is 19.5. The summed E-state index contributed by atoms with van der Waals surface area (Å²) in [6.07, 6.45) is 3.00. The molecule has 4 rings (SSSR count). The predicted octanol–water partition coefficient (Wildman–Crippen LogP) is 3.96. The van der Waals surface area contributed by atoms with Crippen molar-refractivity contribution in [2.45, 2.75) is 20.4 Å². The lowest BCUT2D eigenvalue weighted by Gasteiger charge is -2.06. The van der Waals surface area contributed by atoms with E-state index in [1.165, 1.54) is 6.08 Å². The SMILES string of the molecule is Cc1nn(-c2ccccc2)c(C)c1CNC(=O)/C=C/c1nc2ccccc2o1. The highest BCUT2D eigenvalue weighted by molar-refractivity contribution is 5.91. The van der Waals surface area contributed by atoms with Crippen molar-refractivity contribution in [3.05, 3.63) is 83.5 Å². The number of amides is 1. The van der Waals surface area contributed by atoms with Gasteiger partial charge in [0.2, 0.25) is 11.8 Å². The summed E-state index contributed by atoms with van der Waals surface area (Å²) in [5.41, 5.74) is 5.37. The highest BCUT2D eigenvalue weighted by Gasteiger charge is 2.13. The third-order valence-corrected chi connectivity index (χ3v) is 4.57. The van der Waals surface area contributed by atoms with E-state index in [0.29, 0.717) is 18.0 Å². The number of aromatic nitrogens is 3. The van der Waals surface area contributed by atoms with Gasteiger partial charge in [-0.05, 0) is 38.1 Å². The third-order valence-electron chi connectivity index (χ3n) is 4.57. The molecule has 1 N–H and O–H groups in total. The summed E-state index contributed by atoms with van der Waals surface area (Å²) in [6, 6.07) is 17.4. The van der Waals surface area contributed by atoms with E-state index in [9.17, 15) is 4.79 Å². The van der Waals surface area contributed by atoms with E-state index in [1.54, 1.807) is 6.08 Å². The summed E-state index contributed by atoms with van der Waals surface area (Å²) in [5.74, 6) is 0.189. The normalized spacial score (nSPS) is 11.4. The molecule has 0 aliphatic carbocycles. The van der Waals surface area contributed by atoms with Crippen molar-refractivity contribution in [2.24, 2.45) is 0 Å². The van der Waals surface area contributed by atoms with Gasteiger partial charge in [-0.25, -0.2) is 9.67 Å². The molecule has 0 saturated carbocycles. The summed E-state index contributed by atoms with van der Waals surface area (Å²) >= 11 is 0. The van der Waals surface area contributed by atoms with Crippen LogP contribution in [0, 0.1) is 13.8 Å². The van der Waals surface area contributed by atoms with Crippen LogP contribution in [0.3, 0.4) is 0 Å². The number of aryl methyl sites for hydroxylation is 1. The van der Waals surface area contributed by atoms with E-state index in [0.717, 1.165) is 28.2 Å². The number of carbonyl (C=O) groups excluding carboxylic acids is 1. The lowest BCUT2D eigenvalue weighted by molar-refractivity contribution is -0.116. The van der Waals surface area contributed by atoms with E-state index in [2.05, 4.69) is 15.4 Å². The molecule has 6 heteroatoms. The zero-order valence-electron chi connectivity index (χ0n) is 15.7. The number of para-hydroxylation sites is 3. The third kappa shape index (κ3) is 3.57. The molecule has 2 heterocycles. The number of nitrogens with one attached hydrogen (secondary N) is 1. The van der Waals surface area contributed by atoms with Crippen LogP contribution in [0.4, 0.5) is 0 Å². The van der Waals surface area contributed by atoms with Gasteiger partial charge in [0.1, 0.15) is 5.52 Å². The number of oxazole rings is 1. The van der Waals surface area contributed by atoms with Crippen molar-refractivity contribution >= 4 is 23.1 Å². The average molecular weight is 372 g/mol.